The lowest BCUT2D eigenvalue weighted by Gasteiger charge is -2.09. The number of furan rings is 1. The highest BCUT2D eigenvalue weighted by atomic mass is 16.3. The summed E-state index contributed by atoms with van der Waals surface area (Å²) in [6, 6.07) is 14.0. The number of benzene rings is 1. The monoisotopic (exact) mass is 476 g/mol. The number of nitrogens with one attached hydrogen (secondary N) is 3. The molecule has 6 rings (SSSR count). The summed E-state index contributed by atoms with van der Waals surface area (Å²) in [5, 5.41) is 12.6. The minimum absolute atomic E-state index is 0.0151. The Morgan fingerprint density at radius 3 is 2.78 bits per heavy atom. The topological polar surface area (TPSA) is 112 Å². The molecule has 178 valence electrons. The number of aromatic nitrogens is 5. The second kappa shape index (κ2) is 8.81. The Morgan fingerprint density at radius 2 is 1.94 bits per heavy atom. The maximum absolute atomic E-state index is 12.2. The Bertz CT molecular complexity index is 1690. The minimum atomic E-state index is -0.0151. The molecule has 0 radical (unpaired) electrons. The normalized spacial score (nSPS) is 11.5. The van der Waals surface area contributed by atoms with Crippen LogP contribution < -0.4 is 5.32 Å². The summed E-state index contributed by atoms with van der Waals surface area (Å²) in [6.07, 6.45) is 9.10. The SMILES string of the molecule is CC(C)CC(=O)Nc1cncc(-c2ccc3[nH]nc(-c4cc5c(-c6ccoc6)ccnc5[nH]4)c3c2)c1. The third kappa shape index (κ3) is 4.02. The lowest BCUT2D eigenvalue weighted by atomic mass is 10.0. The van der Waals surface area contributed by atoms with Crippen molar-refractivity contribution in [1.29, 1.82) is 0 Å². The molecule has 0 unspecified atom stereocenters. The average Bonchev–Trinajstić information content (AvgIpc) is 3.62. The molecule has 8 heteroatoms. The van der Waals surface area contributed by atoms with Crippen LogP contribution in [-0.4, -0.2) is 31.1 Å². The number of amides is 1. The summed E-state index contributed by atoms with van der Waals surface area (Å²) in [5.74, 6) is 0.275. The van der Waals surface area contributed by atoms with Gasteiger partial charge in [-0.15, -0.1) is 0 Å². The van der Waals surface area contributed by atoms with Gasteiger partial charge in [0.2, 0.25) is 5.91 Å². The van der Waals surface area contributed by atoms with E-state index in [0.29, 0.717) is 18.0 Å². The molecule has 5 aromatic heterocycles. The molecule has 8 nitrogen and oxygen atoms in total. The predicted molar refractivity (Wildman–Crippen MR) is 140 cm³/mol. The number of anilines is 1. The van der Waals surface area contributed by atoms with Gasteiger partial charge in [0.25, 0.3) is 0 Å². The van der Waals surface area contributed by atoms with Crippen LogP contribution in [0.4, 0.5) is 5.69 Å². The van der Waals surface area contributed by atoms with Gasteiger partial charge < -0.3 is 14.7 Å². The van der Waals surface area contributed by atoms with Gasteiger partial charge in [-0.2, -0.15) is 5.10 Å². The molecule has 5 heterocycles. The summed E-state index contributed by atoms with van der Waals surface area (Å²) < 4.78 is 5.28. The van der Waals surface area contributed by atoms with Crippen LogP contribution >= 0.6 is 0 Å². The van der Waals surface area contributed by atoms with E-state index in [-0.39, 0.29) is 5.91 Å². The quantitative estimate of drug-likeness (QED) is 0.257. The predicted octanol–water partition coefficient (Wildman–Crippen LogP) is 6.41. The fourth-order valence-corrected chi connectivity index (χ4v) is 4.47. The molecular weight excluding hydrogens is 452 g/mol. The average molecular weight is 477 g/mol. The lowest BCUT2D eigenvalue weighted by molar-refractivity contribution is -0.116. The van der Waals surface area contributed by atoms with Crippen molar-refractivity contribution < 1.29 is 9.21 Å². The fourth-order valence-electron chi connectivity index (χ4n) is 4.47. The molecule has 1 aromatic carbocycles. The van der Waals surface area contributed by atoms with E-state index in [4.69, 9.17) is 4.42 Å². The van der Waals surface area contributed by atoms with Gasteiger partial charge in [-0.1, -0.05) is 19.9 Å². The van der Waals surface area contributed by atoms with E-state index in [0.717, 1.165) is 55.6 Å². The summed E-state index contributed by atoms with van der Waals surface area (Å²) in [7, 11) is 0. The van der Waals surface area contributed by atoms with Gasteiger partial charge in [0.05, 0.1) is 35.6 Å². The van der Waals surface area contributed by atoms with Crippen LogP contribution in [0.5, 0.6) is 0 Å². The second-order valence-corrected chi connectivity index (χ2v) is 9.26. The number of hydrogen-bond donors (Lipinski definition) is 3. The molecule has 0 aliphatic rings. The van der Waals surface area contributed by atoms with Gasteiger partial charge >= 0.3 is 0 Å². The molecule has 0 saturated carbocycles. The third-order valence-corrected chi connectivity index (χ3v) is 6.13. The van der Waals surface area contributed by atoms with E-state index in [2.05, 4.69) is 42.6 Å². The van der Waals surface area contributed by atoms with Gasteiger partial charge in [-0.05, 0) is 53.4 Å². The summed E-state index contributed by atoms with van der Waals surface area (Å²) in [4.78, 5) is 24.5. The zero-order chi connectivity index (χ0) is 24.6. The lowest BCUT2D eigenvalue weighted by Crippen LogP contribution is -2.13. The van der Waals surface area contributed by atoms with Crippen molar-refractivity contribution in [3.63, 3.8) is 0 Å². The zero-order valence-corrected chi connectivity index (χ0v) is 19.9. The van der Waals surface area contributed by atoms with Crippen LogP contribution in [0.25, 0.3) is 55.6 Å². The van der Waals surface area contributed by atoms with Crippen molar-refractivity contribution in [1.82, 2.24) is 25.1 Å². The van der Waals surface area contributed by atoms with Crippen molar-refractivity contribution in [3.8, 4) is 33.6 Å². The highest BCUT2D eigenvalue weighted by molar-refractivity contribution is 6.00. The van der Waals surface area contributed by atoms with Crippen molar-refractivity contribution in [3.05, 3.63) is 73.6 Å². The zero-order valence-electron chi connectivity index (χ0n) is 19.9. The van der Waals surface area contributed by atoms with Gasteiger partial charge in [0.15, 0.2) is 0 Å². The van der Waals surface area contributed by atoms with E-state index >= 15 is 0 Å². The smallest absolute Gasteiger partial charge is 0.224 e. The number of aromatic amines is 2. The van der Waals surface area contributed by atoms with Crippen molar-refractivity contribution in [2.24, 2.45) is 5.92 Å². The Morgan fingerprint density at radius 1 is 1.03 bits per heavy atom. The maximum Gasteiger partial charge on any atom is 0.224 e. The first kappa shape index (κ1) is 21.8. The van der Waals surface area contributed by atoms with Crippen molar-refractivity contribution in [2.75, 3.05) is 5.32 Å². The fraction of sp³-hybridized carbons (Fsp3) is 0.143. The van der Waals surface area contributed by atoms with E-state index < -0.39 is 0 Å². The largest absolute Gasteiger partial charge is 0.472 e. The number of nitrogens with zero attached hydrogens (tertiary/aromatic N) is 3. The maximum atomic E-state index is 12.2. The number of rotatable bonds is 6. The first-order valence-electron chi connectivity index (χ1n) is 11.8. The van der Waals surface area contributed by atoms with Crippen LogP contribution in [0, 0.1) is 5.92 Å². The Kier molecular flexibility index (Phi) is 5.33. The molecule has 0 atom stereocenters. The highest BCUT2D eigenvalue weighted by Gasteiger charge is 2.15. The van der Waals surface area contributed by atoms with Gasteiger partial charge in [-0.3, -0.25) is 14.9 Å². The number of carbonyl (C=O) groups is 1. The van der Waals surface area contributed by atoms with Gasteiger partial charge in [0, 0.05) is 40.7 Å². The van der Waals surface area contributed by atoms with Crippen LogP contribution in [0.1, 0.15) is 20.3 Å². The molecule has 1 amide bonds. The van der Waals surface area contributed by atoms with E-state index in [9.17, 15) is 4.79 Å². The van der Waals surface area contributed by atoms with Crippen molar-refractivity contribution in [2.45, 2.75) is 20.3 Å². The van der Waals surface area contributed by atoms with Crippen LogP contribution in [-0.2, 0) is 4.79 Å². The number of carbonyl (C=O) groups excluding carboxylic acids is 1. The van der Waals surface area contributed by atoms with E-state index in [1.807, 2.05) is 44.2 Å². The molecule has 0 aliphatic heterocycles. The molecule has 0 fully saturated rings. The first-order valence-corrected chi connectivity index (χ1v) is 11.8. The Balaban J connectivity index is 1.38. The summed E-state index contributed by atoms with van der Waals surface area (Å²) in [5.41, 5.74) is 7.98. The van der Waals surface area contributed by atoms with E-state index in [1.54, 1.807) is 31.1 Å². The second-order valence-electron chi connectivity index (χ2n) is 9.26. The number of hydrogen-bond acceptors (Lipinski definition) is 5. The standard InChI is InChI=1S/C28H24N6O2/c1-16(2)9-26(35)31-20-10-19(13-29-14-20)17-3-4-24-23(11-17)27(34-33-24)25-12-22-21(18-6-8-36-15-18)5-7-30-28(22)32-25/h3-8,10-16H,9H2,1-2H3,(H,30,32)(H,31,35)(H,33,34). The Labute approximate surface area is 206 Å². The molecule has 0 bridgehead atoms. The summed E-state index contributed by atoms with van der Waals surface area (Å²) >= 11 is 0. The van der Waals surface area contributed by atoms with Crippen LogP contribution in [0.15, 0.2) is 78.0 Å². The van der Waals surface area contributed by atoms with Gasteiger partial charge in [-0.25, -0.2) is 4.98 Å². The third-order valence-electron chi connectivity index (χ3n) is 6.13. The molecule has 6 aromatic rings. The molecule has 3 N–H and O–H groups in total. The summed E-state index contributed by atoms with van der Waals surface area (Å²) in [6.45, 7) is 4.04. The van der Waals surface area contributed by atoms with Crippen LogP contribution in [0.2, 0.25) is 0 Å². The van der Waals surface area contributed by atoms with Gasteiger partial charge in [0.1, 0.15) is 11.3 Å². The molecule has 0 spiro atoms. The minimum Gasteiger partial charge on any atom is -0.472 e. The molecule has 0 aliphatic carbocycles. The van der Waals surface area contributed by atoms with Crippen molar-refractivity contribution >= 4 is 33.5 Å². The number of fused-ring (bicyclic) bond motifs is 2. The molecule has 0 saturated heterocycles. The first-order chi connectivity index (χ1) is 17.5. The van der Waals surface area contributed by atoms with Crippen LogP contribution in [0.3, 0.4) is 0 Å². The molecule has 36 heavy (non-hydrogen) atoms. The highest BCUT2D eigenvalue weighted by Crippen LogP contribution is 2.35. The Hall–Kier alpha value is -4.72. The van der Waals surface area contributed by atoms with E-state index in [1.165, 1.54) is 0 Å². The number of H-pyrrole nitrogens is 2. The number of pyridine rings is 2. The molecular formula is C28H24N6O2.